The molecular formula is C15H17ClN2O2. The van der Waals surface area contributed by atoms with E-state index >= 15 is 0 Å². The molecule has 2 aromatic rings. The Kier molecular flexibility index (Phi) is 4.82. The highest BCUT2D eigenvalue weighted by molar-refractivity contribution is 6.31. The molecule has 1 aromatic heterocycles. The lowest BCUT2D eigenvalue weighted by atomic mass is 9.99. The Labute approximate surface area is 123 Å². The molecule has 0 fully saturated rings. The number of nitrogens with zero attached hydrogens (tertiary/aromatic N) is 1. The Morgan fingerprint density at radius 2 is 2.05 bits per heavy atom. The highest BCUT2D eigenvalue weighted by Crippen LogP contribution is 2.31. The third-order valence-corrected chi connectivity index (χ3v) is 3.47. The van der Waals surface area contributed by atoms with Gasteiger partial charge < -0.3 is 15.2 Å². The quantitative estimate of drug-likeness (QED) is 0.920. The van der Waals surface area contributed by atoms with Crippen molar-refractivity contribution in [1.82, 2.24) is 4.98 Å². The fourth-order valence-corrected chi connectivity index (χ4v) is 2.24. The largest absolute Gasteiger partial charge is 0.497 e. The van der Waals surface area contributed by atoms with Crippen molar-refractivity contribution in [2.75, 3.05) is 14.2 Å². The molecule has 4 nitrogen and oxygen atoms in total. The molecule has 0 saturated heterocycles. The molecule has 1 unspecified atom stereocenters. The third kappa shape index (κ3) is 3.21. The molecule has 106 valence electrons. The van der Waals surface area contributed by atoms with Gasteiger partial charge in [0.1, 0.15) is 11.5 Å². The number of hydrogen-bond donors (Lipinski definition) is 1. The van der Waals surface area contributed by atoms with E-state index in [1.807, 2.05) is 24.3 Å². The molecular weight excluding hydrogens is 276 g/mol. The van der Waals surface area contributed by atoms with Gasteiger partial charge in [-0.2, -0.15) is 0 Å². The summed E-state index contributed by atoms with van der Waals surface area (Å²) in [4.78, 5) is 3.97. The smallest absolute Gasteiger partial charge is 0.123 e. The maximum Gasteiger partial charge on any atom is 0.123 e. The van der Waals surface area contributed by atoms with Gasteiger partial charge in [0.05, 0.1) is 19.2 Å². The lowest BCUT2D eigenvalue weighted by molar-refractivity contribution is 0.395. The van der Waals surface area contributed by atoms with Crippen LogP contribution in [0.15, 0.2) is 36.7 Å². The van der Waals surface area contributed by atoms with Gasteiger partial charge >= 0.3 is 0 Å². The number of methoxy groups -OCH3 is 2. The summed E-state index contributed by atoms with van der Waals surface area (Å²) < 4.78 is 10.6. The Morgan fingerprint density at radius 1 is 1.25 bits per heavy atom. The molecule has 0 saturated carbocycles. The number of rotatable bonds is 5. The molecule has 1 heterocycles. The van der Waals surface area contributed by atoms with Crippen LogP contribution in [0.2, 0.25) is 5.02 Å². The van der Waals surface area contributed by atoms with Crippen LogP contribution in [0.4, 0.5) is 0 Å². The predicted molar refractivity (Wildman–Crippen MR) is 79.4 cm³/mol. The normalized spacial score (nSPS) is 12.0. The zero-order chi connectivity index (χ0) is 14.5. The second kappa shape index (κ2) is 6.59. The van der Waals surface area contributed by atoms with Crippen molar-refractivity contribution < 1.29 is 9.47 Å². The van der Waals surface area contributed by atoms with Crippen LogP contribution in [0.5, 0.6) is 11.5 Å². The van der Waals surface area contributed by atoms with Crippen molar-refractivity contribution in [2.24, 2.45) is 5.73 Å². The minimum atomic E-state index is -0.236. The number of benzene rings is 1. The summed E-state index contributed by atoms with van der Waals surface area (Å²) in [5, 5.41) is 0.616. The average molecular weight is 293 g/mol. The van der Waals surface area contributed by atoms with Gasteiger partial charge in [-0.15, -0.1) is 0 Å². The Morgan fingerprint density at radius 3 is 2.70 bits per heavy atom. The van der Waals surface area contributed by atoms with Gasteiger partial charge in [-0.3, -0.25) is 4.98 Å². The molecule has 0 aliphatic heterocycles. The van der Waals surface area contributed by atoms with Crippen LogP contribution in [-0.4, -0.2) is 19.2 Å². The maximum absolute atomic E-state index is 6.28. The molecule has 0 amide bonds. The molecule has 0 aliphatic rings. The summed E-state index contributed by atoms with van der Waals surface area (Å²) >= 11 is 6.11. The van der Waals surface area contributed by atoms with Crippen LogP contribution in [0.25, 0.3) is 0 Å². The maximum atomic E-state index is 6.28. The van der Waals surface area contributed by atoms with E-state index in [1.165, 1.54) is 0 Å². The Balaban J connectivity index is 2.28. The standard InChI is InChI=1S/C15H17ClN2O2/c1-19-11-3-4-15(20-2)12(8-11)14(17)7-10-5-6-18-9-13(10)16/h3-6,8-9,14H,7,17H2,1-2H3. The predicted octanol–water partition coefficient (Wildman–Crippen LogP) is 2.99. The number of hydrogen-bond acceptors (Lipinski definition) is 4. The van der Waals surface area contributed by atoms with Gasteiger partial charge in [-0.05, 0) is 36.2 Å². The van der Waals surface area contributed by atoms with Gasteiger partial charge in [0.25, 0.3) is 0 Å². The first-order valence-corrected chi connectivity index (χ1v) is 6.59. The lowest BCUT2D eigenvalue weighted by Crippen LogP contribution is -2.15. The highest BCUT2D eigenvalue weighted by Gasteiger charge is 2.15. The van der Waals surface area contributed by atoms with E-state index in [2.05, 4.69) is 4.98 Å². The number of pyridine rings is 1. The van der Waals surface area contributed by atoms with Gasteiger partial charge in [0, 0.05) is 24.0 Å². The molecule has 2 rings (SSSR count). The van der Waals surface area contributed by atoms with Crippen LogP contribution in [0.3, 0.4) is 0 Å². The molecule has 1 aromatic carbocycles. The van der Waals surface area contributed by atoms with Gasteiger partial charge in [0.2, 0.25) is 0 Å². The van der Waals surface area contributed by atoms with Crippen LogP contribution in [0.1, 0.15) is 17.2 Å². The van der Waals surface area contributed by atoms with Crippen LogP contribution in [-0.2, 0) is 6.42 Å². The van der Waals surface area contributed by atoms with Crippen molar-refractivity contribution in [2.45, 2.75) is 12.5 Å². The van der Waals surface area contributed by atoms with E-state index in [9.17, 15) is 0 Å². The Hall–Kier alpha value is -1.78. The van der Waals surface area contributed by atoms with E-state index in [4.69, 9.17) is 26.8 Å². The second-order valence-corrected chi connectivity index (χ2v) is 4.79. The second-order valence-electron chi connectivity index (χ2n) is 4.39. The monoisotopic (exact) mass is 292 g/mol. The van der Waals surface area contributed by atoms with E-state index in [-0.39, 0.29) is 6.04 Å². The minimum absolute atomic E-state index is 0.236. The van der Waals surface area contributed by atoms with E-state index < -0.39 is 0 Å². The van der Waals surface area contributed by atoms with Crippen LogP contribution in [0, 0.1) is 0 Å². The summed E-state index contributed by atoms with van der Waals surface area (Å²) in [6.07, 6.45) is 3.92. The average Bonchev–Trinajstić information content (AvgIpc) is 2.48. The van der Waals surface area contributed by atoms with E-state index in [0.717, 1.165) is 22.6 Å². The summed E-state index contributed by atoms with van der Waals surface area (Å²) in [7, 11) is 3.24. The molecule has 0 aliphatic carbocycles. The number of halogens is 1. The van der Waals surface area contributed by atoms with E-state index in [1.54, 1.807) is 26.6 Å². The number of aromatic nitrogens is 1. The van der Waals surface area contributed by atoms with Crippen LogP contribution >= 0.6 is 11.6 Å². The molecule has 0 spiro atoms. The molecule has 5 heteroatoms. The molecule has 0 radical (unpaired) electrons. The zero-order valence-corrected chi connectivity index (χ0v) is 12.2. The fraction of sp³-hybridized carbons (Fsp3) is 0.267. The van der Waals surface area contributed by atoms with Crippen molar-refractivity contribution in [1.29, 1.82) is 0 Å². The minimum Gasteiger partial charge on any atom is -0.497 e. The van der Waals surface area contributed by atoms with Crippen molar-refractivity contribution in [3.63, 3.8) is 0 Å². The highest BCUT2D eigenvalue weighted by atomic mass is 35.5. The molecule has 1 atom stereocenters. The SMILES string of the molecule is COc1ccc(OC)c(C(N)Cc2ccncc2Cl)c1. The summed E-state index contributed by atoms with van der Waals surface area (Å²) in [6.45, 7) is 0. The number of nitrogens with two attached hydrogens (primary N) is 1. The van der Waals surface area contributed by atoms with Crippen LogP contribution < -0.4 is 15.2 Å². The summed E-state index contributed by atoms with van der Waals surface area (Å²) in [5.74, 6) is 1.49. The number of ether oxygens (including phenoxy) is 2. The molecule has 0 bridgehead atoms. The van der Waals surface area contributed by atoms with Crippen molar-refractivity contribution >= 4 is 11.6 Å². The molecule has 2 N–H and O–H groups in total. The van der Waals surface area contributed by atoms with Gasteiger partial charge in [-0.25, -0.2) is 0 Å². The van der Waals surface area contributed by atoms with E-state index in [0.29, 0.717) is 11.4 Å². The Bertz CT molecular complexity index is 590. The first-order valence-electron chi connectivity index (χ1n) is 6.21. The fourth-order valence-electron chi connectivity index (χ4n) is 2.05. The topological polar surface area (TPSA) is 57.4 Å². The summed E-state index contributed by atoms with van der Waals surface area (Å²) in [6, 6.07) is 7.21. The molecule has 20 heavy (non-hydrogen) atoms. The summed E-state index contributed by atoms with van der Waals surface area (Å²) in [5.41, 5.74) is 8.13. The van der Waals surface area contributed by atoms with Crippen molar-refractivity contribution in [3.05, 3.63) is 52.8 Å². The van der Waals surface area contributed by atoms with Crippen molar-refractivity contribution in [3.8, 4) is 11.5 Å². The lowest BCUT2D eigenvalue weighted by Gasteiger charge is -2.17. The first-order chi connectivity index (χ1) is 9.65. The third-order valence-electron chi connectivity index (χ3n) is 3.13. The first kappa shape index (κ1) is 14.6. The van der Waals surface area contributed by atoms with Gasteiger partial charge in [-0.1, -0.05) is 11.6 Å². The zero-order valence-electron chi connectivity index (χ0n) is 11.5. The van der Waals surface area contributed by atoms with Gasteiger partial charge in [0.15, 0.2) is 0 Å².